The average Bonchev–Trinajstić information content (AvgIpc) is 2.34. The third kappa shape index (κ3) is 3.42. The van der Waals surface area contributed by atoms with Crippen molar-refractivity contribution in [3.63, 3.8) is 0 Å². The van der Waals surface area contributed by atoms with E-state index < -0.39 is 0 Å². The molecule has 1 aromatic carbocycles. The van der Waals surface area contributed by atoms with Crippen molar-refractivity contribution in [2.24, 2.45) is 5.41 Å². The molecule has 0 N–H and O–H groups in total. The van der Waals surface area contributed by atoms with E-state index in [9.17, 15) is 0 Å². The Morgan fingerprint density at radius 2 is 1.88 bits per heavy atom. The lowest BCUT2D eigenvalue weighted by Gasteiger charge is -2.29. The Labute approximate surface area is 112 Å². The number of thiol groups is 1. The molecular formula is C13H19BrOS. The van der Waals surface area contributed by atoms with Gasteiger partial charge in [0.25, 0.3) is 0 Å². The second-order valence-electron chi connectivity index (χ2n) is 4.08. The fourth-order valence-electron chi connectivity index (χ4n) is 1.52. The highest BCUT2D eigenvalue weighted by atomic mass is 79.9. The molecule has 90 valence electrons. The van der Waals surface area contributed by atoms with Gasteiger partial charge in [-0.1, -0.05) is 26.0 Å². The quantitative estimate of drug-likeness (QED) is 0.758. The first kappa shape index (κ1) is 13.9. The summed E-state index contributed by atoms with van der Waals surface area (Å²) in [7, 11) is 0. The van der Waals surface area contributed by atoms with E-state index >= 15 is 0 Å². The van der Waals surface area contributed by atoms with E-state index in [1.54, 1.807) is 0 Å². The molecule has 0 saturated heterocycles. The topological polar surface area (TPSA) is 9.23 Å². The van der Waals surface area contributed by atoms with Crippen molar-refractivity contribution in [3.05, 3.63) is 28.7 Å². The predicted molar refractivity (Wildman–Crippen MR) is 76.5 cm³/mol. The third-order valence-corrected chi connectivity index (χ3v) is 4.53. The van der Waals surface area contributed by atoms with E-state index in [0.717, 1.165) is 35.4 Å². The summed E-state index contributed by atoms with van der Waals surface area (Å²) in [4.78, 5) is 0. The molecule has 0 spiro atoms. The SMILES string of the molecule is CCC(CC)(CS)COc1ccccc1Br. The highest BCUT2D eigenvalue weighted by molar-refractivity contribution is 9.10. The van der Waals surface area contributed by atoms with Crippen LogP contribution in [-0.2, 0) is 0 Å². The minimum atomic E-state index is 0.193. The van der Waals surface area contributed by atoms with E-state index in [1.807, 2.05) is 24.3 Å². The number of hydrogen-bond acceptors (Lipinski definition) is 2. The van der Waals surface area contributed by atoms with Crippen LogP contribution in [0.4, 0.5) is 0 Å². The molecule has 0 bridgehead atoms. The Morgan fingerprint density at radius 3 is 2.38 bits per heavy atom. The summed E-state index contributed by atoms with van der Waals surface area (Å²) in [6, 6.07) is 7.96. The number of rotatable bonds is 6. The van der Waals surface area contributed by atoms with Gasteiger partial charge < -0.3 is 4.74 Å². The zero-order valence-corrected chi connectivity index (χ0v) is 12.4. The van der Waals surface area contributed by atoms with Crippen molar-refractivity contribution in [2.45, 2.75) is 26.7 Å². The van der Waals surface area contributed by atoms with Crippen molar-refractivity contribution < 1.29 is 4.74 Å². The molecule has 0 unspecified atom stereocenters. The van der Waals surface area contributed by atoms with Gasteiger partial charge in [-0.2, -0.15) is 12.6 Å². The standard InChI is InChI=1S/C13H19BrOS/c1-3-13(4-2,10-16)9-15-12-8-6-5-7-11(12)14/h5-8,16H,3-4,9-10H2,1-2H3. The van der Waals surface area contributed by atoms with Crippen LogP contribution in [0.1, 0.15) is 26.7 Å². The first-order valence-electron chi connectivity index (χ1n) is 5.65. The molecule has 0 amide bonds. The zero-order chi connectivity index (χ0) is 12.0. The lowest BCUT2D eigenvalue weighted by molar-refractivity contribution is 0.156. The summed E-state index contributed by atoms with van der Waals surface area (Å²) in [5.74, 6) is 1.78. The number of ether oxygens (including phenoxy) is 1. The molecule has 1 aromatic rings. The van der Waals surface area contributed by atoms with E-state index in [2.05, 4.69) is 42.4 Å². The molecule has 0 atom stereocenters. The molecular weight excluding hydrogens is 284 g/mol. The molecule has 0 heterocycles. The van der Waals surface area contributed by atoms with Crippen LogP contribution in [0.5, 0.6) is 5.75 Å². The number of para-hydroxylation sites is 1. The van der Waals surface area contributed by atoms with Crippen LogP contribution in [0.2, 0.25) is 0 Å². The van der Waals surface area contributed by atoms with E-state index in [1.165, 1.54) is 0 Å². The van der Waals surface area contributed by atoms with Gasteiger partial charge in [0, 0.05) is 5.41 Å². The van der Waals surface area contributed by atoms with Crippen molar-refractivity contribution in [1.82, 2.24) is 0 Å². The van der Waals surface area contributed by atoms with Crippen LogP contribution >= 0.6 is 28.6 Å². The normalized spacial score (nSPS) is 11.5. The summed E-state index contributed by atoms with van der Waals surface area (Å²) >= 11 is 7.93. The minimum absolute atomic E-state index is 0.193. The van der Waals surface area contributed by atoms with Gasteiger partial charge in [-0.15, -0.1) is 0 Å². The van der Waals surface area contributed by atoms with Crippen molar-refractivity contribution in [1.29, 1.82) is 0 Å². The molecule has 0 aromatic heterocycles. The first-order chi connectivity index (χ1) is 7.67. The Kier molecular flexibility index (Phi) is 5.70. The number of halogens is 1. The highest BCUT2D eigenvalue weighted by Crippen LogP contribution is 2.31. The van der Waals surface area contributed by atoms with Gasteiger partial charge in [0.2, 0.25) is 0 Å². The van der Waals surface area contributed by atoms with Crippen LogP contribution in [0.15, 0.2) is 28.7 Å². The van der Waals surface area contributed by atoms with Crippen LogP contribution in [0.25, 0.3) is 0 Å². The van der Waals surface area contributed by atoms with Gasteiger partial charge in [0.05, 0.1) is 11.1 Å². The second-order valence-corrected chi connectivity index (χ2v) is 5.25. The molecule has 0 fully saturated rings. The molecule has 1 nitrogen and oxygen atoms in total. The minimum Gasteiger partial charge on any atom is -0.492 e. The van der Waals surface area contributed by atoms with Crippen molar-refractivity contribution >= 4 is 28.6 Å². The average molecular weight is 303 g/mol. The zero-order valence-electron chi connectivity index (χ0n) is 9.87. The van der Waals surface area contributed by atoms with Crippen LogP contribution < -0.4 is 4.74 Å². The summed E-state index contributed by atoms with van der Waals surface area (Å²) < 4.78 is 6.89. The largest absolute Gasteiger partial charge is 0.492 e. The van der Waals surface area contributed by atoms with Crippen molar-refractivity contribution in [3.8, 4) is 5.75 Å². The van der Waals surface area contributed by atoms with E-state index in [4.69, 9.17) is 4.74 Å². The predicted octanol–water partition coefficient (Wildman–Crippen LogP) is 4.56. The monoisotopic (exact) mass is 302 g/mol. The van der Waals surface area contributed by atoms with Crippen LogP contribution in [0, 0.1) is 5.41 Å². The van der Waals surface area contributed by atoms with E-state index in [0.29, 0.717) is 0 Å². The lowest BCUT2D eigenvalue weighted by atomic mass is 9.85. The second kappa shape index (κ2) is 6.55. The van der Waals surface area contributed by atoms with Gasteiger partial charge in [-0.05, 0) is 46.7 Å². The molecule has 16 heavy (non-hydrogen) atoms. The van der Waals surface area contributed by atoms with Crippen molar-refractivity contribution in [2.75, 3.05) is 12.4 Å². The highest BCUT2D eigenvalue weighted by Gasteiger charge is 2.25. The summed E-state index contributed by atoms with van der Waals surface area (Å²) in [6.07, 6.45) is 2.19. The van der Waals surface area contributed by atoms with Gasteiger partial charge >= 0.3 is 0 Å². The Balaban J connectivity index is 2.66. The Morgan fingerprint density at radius 1 is 1.25 bits per heavy atom. The Bertz CT molecular complexity index is 315. The maximum Gasteiger partial charge on any atom is 0.133 e. The maximum absolute atomic E-state index is 5.88. The molecule has 0 saturated carbocycles. The molecule has 1 rings (SSSR count). The Hall–Kier alpha value is -0.150. The van der Waals surface area contributed by atoms with Crippen LogP contribution in [-0.4, -0.2) is 12.4 Å². The maximum atomic E-state index is 5.88. The fraction of sp³-hybridized carbons (Fsp3) is 0.538. The third-order valence-electron chi connectivity index (χ3n) is 3.21. The van der Waals surface area contributed by atoms with E-state index in [-0.39, 0.29) is 5.41 Å². The number of hydrogen-bond donors (Lipinski definition) is 1. The van der Waals surface area contributed by atoms with Gasteiger partial charge in [0.1, 0.15) is 5.75 Å². The lowest BCUT2D eigenvalue weighted by Crippen LogP contribution is -2.29. The summed E-state index contributed by atoms with van der Waals surface area (Å²) in [5.41, 5.74) is 0.193. The van der Waals surface area contributed by atoms with Gasteiger partial charge in [0.15, 0.2) is 0 Å². The molecule has 3 heteroatoms. The fourth-order valence-corrected chi connectivity index (χ4v) is 2.45. The van der Waals surface area contributed by atoms with Crippen LogP contribution in [0.3, 0.4) is 0 Å². The molecule has 0 aliphatic rings. The summed E-state index contributed by atoms with van der Waals surface area (Å²) in [5, 5.41) is 0. The molecule has 0 radical (unpaired) electrons. The van der Waals surface area contributed by atoms with Gasteiger partial charge in [-0.25, -0.2) is 0 Å². The van der Waals surface area contributed by atoms with Gasteiger partial charge in [-0.3, -0.25) is 0 Å². The molecule has 0 aliphatic heterocycles. The molecule has 0 aliphatic carbocycles. The number of benzene rings is 1. The smallest absolute Gasteiger partial charge is 0.133 e. The summed E-state index contributed by atoms with van der Waals surface area (Å²) in [6.45, 7) is 5.12. The first-order valence-corrected chi connectivity index (χ1v) is 7.08.